The number of carbonyl (C=O) groups is 2. The lowest BCUT2D eigenvalue weighted by molar-refractivity contribution is -0.0498. The molecule has 1 aromatic carbocycles. The molecule has 0 saturated carbocycles. The Morgan fingerprint density at radius 3 is 2.76 bits per heavy atom. The molecule has 0 atom stereocenters. The molecule has 3 rings (SSSR count). The maximum atomic E-state index is 12.5. The summed E-state index contributed by atoms with van der Waals surface area (Å²) in [5, 5.41) is 9.41. The molecule has 8 nitrogen and oxygen atoms in total. The predicted octanol–water partition coefficient (Wildman–Crippen LogP) is 3.28. The van der Waals surface area contributed by atoms with E-state index in [1.165, 1.54) is 41.4 Å². The van der Waals surface area contributed by atoms with Gasteiger partial charge in [0.1, 0.15) is 11.5 Å². The molecule has 0 aliphatic rings. The van der Waals surface area contributed by atoms with Crippen molar-refractivity contribution >= 4 is 17.5 Å². The summed E-state index contributed by atoms with van der Waals surface area (Å²) in [5.41, 5.74) is 0.301. The van der Waals surface area contributed by atoms with Gasteiger partial charge in [0.25, 0.3) is 11.8 Å². The Bertz CT molecular complexity index is 986. The highest BCUT2D eigenvalue weighted by atomic mass is 19.3. The molecular weight excluding hydrogens is 386 g/mol. The SMILES string of the molecule is CCn1cc(NC(=O)c2cccc(OC(F)F)c2)c(C(=O)NCc2ccco2)n1. The van der Waals surface area contributed by atoms with E-state index >= 15 is 0 Å². The fourth-order valence-electron chi connectivity index (χ4n) is 2.51. The average Bonchev–Trinajstić information content (AvgIpc) is 3.35. The molecule has 0 spiro atoms. The number of benzene rings is 1. The number of aromatic nitrogens is 2. The number of amides is 2. The molecule has 0 aliphatic carbocycles. The molecule has 152 valence electrons. The number of alkyl halides is 2. The monoisotopic (exact) mass is 404 g/mol. The largest absolute Gasteiger partial charge is 0.467 e. The van der Waals surface area contributed by atoms with E-state index in [-0.39, 0.29) is 29.2 Å². The number of nitrogens with zero attached hydrogens (tertiary/aromatic N) is 2. The van der Waals surface area contributed by atoms with Crippen LogP contribution in [0.5, 0.6) is 5.75 Å². The maximum absolute atomic E-state index is 12.5. The van der Waals surface area contributed by atoms with Crippen LogP contribution in [-0.2, 0) is 13.1 Å². The normalized spacial score (nSPS) is 10.8. The van der Waals surface area contributed by atoms with Gasteiger partial charge in [-0.15, -0.1) is 0 Å². The minimum atomic E-state index is -3.00. The molecule has 0 bridgehead atoms. The Morgan fingerprint density at radius 1 is 1.24 bits per heavy atom. The molecule has 3 aromatic rings. The number of furan rings is 1. The van der Waals surface area contributed by atoms with Gasteiger partial charge < -0.3 is 19.8 Å². The number of anilines is 1. The van der Waals surface area contributed by atoms with Gasteiger partial charge in [-0.25, -0.2) is 0 Å². The standard InChI is InChI=1S/C19H18F2N4O4/c1-2-25-11-15(16(24-25)18(27)22-10-14-7-4-8-28-14)23-17(26)12-5-3-6-13(9-12)29-19(20)21/h3-9,11,19H,2,10H2,1H3,(H,22,27)(H,23,26). The molecule has 0 fully saturated rings. The van der Waals surface area contributed by atoms with E-state index < -0.39 is 18.4 Å². The van der Waals surface area contributed by atoms with Crippen molar-refractivity contribution in [3.8, 4) is 5.75 Å². The van der Waals surface area contributed by atoms with Crippen molar-refractivity contribution in [2.75, 3.05) is 5.32 Å². The van der Waals surface area contributed by atoms with Crippen LogP contribution in [0.3, 0.4) is 0 Å². The molecule has 0 radical (unpaired) electrons. The summed E-state index contributed by atoms with van der Waals surface area (Å²) >= 11 is 0. The number of nitrogens with one attached hydrogen (secondary N) is 2. The van der Waals surface area contributed by atoms with Crippen LogP contribution in [0.4, 0.5) is 14.5 Å². The van der Waals surface area contributed by atoms with Crippen LogP contribution < -0.4 is 15.4 Å². The predicted molar refractivity (Wildman–Crippen MR) is 98.8 cm³/mol. The van der Waals surface area contributed by atoms with E-state index in [9.17, 15) is 18.4 Å². The third-order valence-corrected chi connectivity index (χ3v) is 3.87. The van der Waals surface area contributed by atoms with Crippen molar-refractivity contribution in [3.05, 3.63) is 65.9 Å². The third-order valence-electron chi connectivity index (χ3n) is 3.87. The number of ether oxygens (including phenoxy) is 1. The van der Waals surface area contributed by atoms with Crippen LogP contribution in [0, 0.1) is 0 Å². The summed E-state index contributed by atoms with van der Waals surface area (Å²) in [7, 11) is 0. The highest BCUT2D eigenvalue weighted by Gasteiger charge is 2.19. The van der Waals surface area contributed by atoms with Crippen LogP contribution in [0.1, 0.15) is 33.5 Å². The molecule has 29 heavy (non-hydrogen) atoms. The van der Waals surface area contributed by atoms with E-state index in [1.54, 1.807) is 12.1 Å². The maximum Gasteiger partial charge on any atom is 0.387 e. The Kier molecular flexibility index (Phi) is 6.22. The zero-order chi connectivity index (χ0) is 20.8. The van der Waals surface area contributed by atoms with Gasteiger partial charge in [0.15, 0.2) is 5.69 Å². The highest BCUT2D eigenvalue weighted by Crippen LogP contribution is 2.19. The fourth-order valence-corrected chi connectivity index (χ4v) is 2.51. The van der Waals surface area contributed by atoms with E-state index in [2.05, 4.69) is 20.5 Å². The van der Waals surface area contributed by atoms with Gasteiger partial charge in [0.05, 0.1) is 18.5 Å². The van der Waals surface area contributed by atoms with E-state index in [4.69, 9.17) is 4.42 Å². The Labute approximate surface area is 164 Å². The third kappa shape index (κ3) is 5.18. The van der Waals surface area contributed by atoms with Crippen LogP contribution in [0.2, 0.25) is 0 Å². The molecule has 2 N–H and O–H groups in total. The first-order valence-corrected chi connectivity index (χ1v) is 8.70. The second-order valence-electron chi connectivity index (χ2n) is 5.87. The molecule has 2 aromatic heterocycles. The highest BCUT2D eigenvalue weighted by molar-refractivity contribution is 6.08. The number of carbonyl (C=O) groups excluding carboxylic acids is 2. The average molecular weight is 404 g/mol. The summed E-state index contributed by atoms with van der Waals surface area (Å²) in [4.78, 5) is 25.0. The molecule has 0 saturated heterocycles. The number of aryl methyl sites for hydroxylation is 1. The van der Waals surface area contributed by atoms with Gasteiger partial charge in [-0.3, -0.25) is 14.3 Å². The minimum Gasteiger partial charge on any atom is -0.467 e. The van der Waals surface area contributed by atoms with Crippen molar-refractivity contribution in [1.29, 1.82) is 0 Å². The van der Waals surface area contributed by atoms with Crippen LogP contribution in [0.25, 0.3) is 0 Å². The van der Waals surface area contributed by atoms with E-state index in [0.717, 1.165) is 0 Å². The first-order chi connectivity index (χ1) is 14.0. The molecular formula is C19H18F2N4O4. The van der Waals surface area contributed by atoms with E-state index in [0.29, 0.717) is 12.3 Å². The Morgan fingerprint density at radius 2 is 2.07 bits per heavy atom. The summed E-state index contributed by atoms with van der Waals surface area (Å²) in [5.74, 6) is -0.679. The number of hydrogen-bond acceptors (Lipinski definition) is 5. The summed E-state index contributed by atoms with van der Waals surface area (Å²) in [6.07, 6.45) is 3.00. The van der Waals surface area contributed by atoms with Gasteiger partial charge in [0.2, 0.25) is 0 Å². The lowest BCUT2D eigenvalue weighted by Gasteiger charge is -2.08. The molecule has 2 heterocycles. The summed E-state index contributed by atoms with van der Waals surface area (Å²) in [6.45, 7) is -0.536. The zero-order valence-corrected chi connectivity index (χ0v) is 15.4. The lowest BCUT2D eigenvalue weighted by Crippen LogP contribution is -2.25. The van der Waals surface area contributed by atoms with Crippen molar-refractivity contribution in [2.45, 2.75) is 26.6 Å². The van der Waals surface area contributed by atoms with Crippen molar-refractivity contribution in [1.82, 2.24) is 15.1 Å². The van der Waals surface area contributed by atoms with Crippen molar-refractivity contribution < 1.29 is 27.5 Å². The summed E-state index contributed by atoms with van der Waals surface area (Å²) in [6, 6.07) is 8.76. The number of hydrogen-bond donors (Lipinski definition) is 2. The van der Waals surface area contributed by atoms with Crippen LogP contribution in [-0.4, -0.2) is 28.2 Å². The number of halogens is 2. The number of rotatable bonds is 8. The van der Waals surface area contributed by atoms with Gasteiger partial charge in [-0.1, -0.05) is 6.07 Å². The van der Waals surface area contributed by atoms with Crippen molar-refractivity contribution in [2.24, 2.45) is 0 Å². The van der Waals surface area contributed by atoms with Gasteiger partial charge >= 0.3 is 6.61 Å². The van der Waals surface area contributed by atoms with Gasteiger partial charge in [-0.05, 0) is 37.3 Å². The first-order valence-electron chi connectivity index (χ1n) is 8.70. The fraction of sp³-hybridized carbons (Fsp3) is 0.211. The molecule has 0 aliphatic heterocycles. The Hall–Kier alpha value is -3.69. The van der Waals surface area contributed by atoms with Crippen LogP contribution >= 0.6 is 0 Å². The van der Waals surface area contributed by atoms with Gasteiger partial charge in [0, 0.05) is 18.3 Å². The molecule has 0 unspecified atom stereocenters. The quantitative estimate of drug-likeness (QED) is 0.600. The smallest absolute Gasteiger partial charge is 0.387 e. The second-order valence-corrected chi connectivity index (χ2v) is 5.87. The van der Waals surface area contributed by atoms with E-state index in [1.807, 2.05) is 6.92 Å². The topological polar surface area (TPSA) is 98.4 Å². The minimum absolute atomic E-state index is 0.0201. The lowest BCUT2D eigenvalue weighted by atomic mass is 10.2. The second kappa shape index (κ2) is 9.00. The molecule has 2 amide bonds. The van der Waals surface area contributed by atoms with Crippen LogP contribution in [0.15, 0.2) is 53.3 Å². The Balaban J connectivity index is 1.75. The molecule has 10 heteroatoms. The zero-order valence-electron chi connectivity index (χ0n) is 15.4. The summed E-state index contributed by atoms with van der Waals surface area (Å²) < 4.78 is 35.7. The first kappa shape index (κ1) is 20.1. The van der Waals surface area contributed by atoms with Crippen molar-refractivity contribution in [3.63, 3.8) is 0 Å². The van der Waals surface area contributed by atoms with Gasteiger partial charge in [-0.2, -0.15) is 13.9 Å².